The number of amides is 1. The van der Waals surface area contributed by atoms with Crippen LogP contribution in [-0.2, 0) is 21.4 Å². The summed E-state index contributed by atoms with van der Waals surface area (Å²) in [6.45, 7) is 16.7. The first-order chi connectivity index (χ1) is 16.4. The summed E-state index contributed by atoms with van der Waals surface area (Å²) in [6.07, 6.45) is 1.03. The van der Waals surface area contributed by atoms with Crippen molar-refractivity contribution in [1.82, 2.24) is 4.90 Å². The van der Waals surface area contributed by atoms with Gasteiger partial charge < -0.3 is 19.1 Å². The maximum atomic E-state index is 13.6. The van der Waals surface area contributed by atoms with Gasteiger partial charge in [0, 0.05) is 30.0 Å². The van der Waals surface area contributed by atoms with Crippen LogP contribution in [0.3, 0.4) is 0 Å². The third-order valence-corrected chi connectivity index (χ3v) is 6.56. The fourth-order valence-electron chi connectivity index (χ4n) is 4.92. The highest BCUT2D eigenvalue weighted by atomic mass is 16.7. The number of aryl methyl sites for hydroxylation is 2. The van der Waals surface area contributed by atoms with Gasteiger partial charge in [0.2, 0.25) is 12.7 Å². The topological polar surface area (TPSA) is 65.1 Å². The molecule has 0 radical (unpaired) electrons. The van der Waals surface area contributed by atoms with Crippen LogP contribution >= 0.6 is 0 Å². The summed E-state index contributed by atoms with van der Waals surface area (Å²) in [5.74, 6) is 1.63. The highest BCUT2D eigenvalue weighted by molar-refractivity contribution is 5.79. The highest BCUT2D eigenvalue weighted by Crippen LogP contribution is 2.39. The minimum absolute atomic E-state index is 0.0148. The second-order valence-corrected chi connectivity index (χ2v) is 10.5. The Balaban J connectivity index is 1.80. The molecule has 0 aromatic heterocycles. The van der Waals surface area contributed by atoms with Crippen LogP contribution in [0.5, 0.6) is 17.2 Å². The fraction of sp³-hybridized carbons (Fsp3) is 0.517. The van der Waals surface area contributed by atoms with E-state index < -0.39 is 5.41 Å². The first-order valence-electron chi connectivity index (χ1n) is 12.4. The summed E-state index contributed by atoms with van der Waals surface area (Å²) in [5.41, 5.74) is 3.53. The molecule has 0 fully saturated rings. The number of fused-ring (bicyclic) bond motifs is 1. The molecule has 0 aliphatic carbocycles. The van der Waals surface area contributed by atoms with Gasteiger partial charge in [0.1, 0.15) is 5.75 Å². The molecule has 1 aliphatic heterocycles. The standard InChI is InChI=1S/C29H39NO5/c1-9-30(21(6)14-22-10-11-23-24(15-22)34-17-33-23)26(31)16-29(7,8)27-20(5)12-19(4)13-25(27)35-28(32)18(2)3/h10-13,15,18,21H,9,14,16-17H2,1-8H3. The van der Waals surface area contributed by atoms with Crippen molar-refractivity contribution in [3.63, 3.8) is 0 Å². The number of ether oxygens (including phenoxy) is 3. The molecule has 0 bridgehead atoms. The Bertz CT molecular complexity index is 1090. The Hall–Kier alpha value is -3.02. The van der Waals surface area contributed by atoms with Gasteiger partial charge in [-0.2, -0.15) is 0 Å². The first-order valence-corrected chi connectivity index (χ1v) is 12.4. The van der Waals surface area contributed by atoms with Gasteiger partial charge in [-0.25, -0.2) is 0 Å². The van der Waals surface area contributed by atoms with Gasteiger partial charge in [0.05, 0.1) is 5.92 Å². The van der Waals surface area contributed by atoms with Gasteiger partial charge in [-0.3, -0.25) is 9.59 Å². The van der Waals surface area contributed by atoms with E-state index in [2.05, 4.69) is 13.0 Å². The molecule has 0 saturated heterocycles. The normalized spacial score (nSPS) is 13.6. The van der Waals surface area contributed by atoms with E-state index in [1.54, 1.807) is 0 Å². The summed E-state index contributed by atoms with van der Waals surface area (Å²) in [5, 5.41) is 0. The van der Waals surface area contributed by atoms with Gasteiger partial charge >= 0.3 is 5.97 Å². The van der Waals surface area contributed by atoms with Crippen molar-refractivity contribution in [2.24, 2.45) is 5.92 Å². The summed E-state index contributed by atoms with van der Waals surface area (Å²) in [6, 6.07) is 9.93. The van der Waals surface area contributed by atoms with E-state index in [-0.39, 0.29) is 30.6 Å². The predicted octanol–water partition coefficient (Wildman–Crippen LogP) is 5.74. The van der Waals surface area contributed by atoms with E-state index in [9.17, 15) is 9.59 Å². The molecule has 6 nitrogen and oxygen atoms in total. The molecule has 0 spiro atoms. The number of rotatable bonds is 9. The zero-order valence-corrected chi connectivity index (χ0v) is 22.4. The Morgan fingerprint density at radius 1 is 1.06 bits per heavy atom. The molecule has 1 heterocycles. The lowest BCUT2D eigenvalue weighted by molar-refractivity contribution is -0.137. The van der Waals surface area contributed by atoms with Crippen LogP contribution in [0.1, 0.15) is 70.2 Å². The Labute approximate surface area is 209 Å². The molecule has 1 unspecified atom stereocenters. The molecular weight excluding hydrogens is 442 g/mol. The summed E-state index contributed by atoms with van der Waals surface area (Å²) >= 11 is 0. The number of likely N-dealkylation sites (N-methyl/N-ethyl adjacent to an activating group) is 1. The molecule has 1 aliphatic rings. The second-order valence-electron chi connectivity index (χ2n) is 10.5. The number of carbonyl (C=O) groups is 2. The van der Waals surface area contributed by atoms with Gasteiger partial charge in [0.25, 0.3) is 0 Å². The number of hydrogen-bond acceptors (Lipinski definition) is 5. The molecule has 35 heavy (non-hydrogen) atoms. The summed E-state index contributed by atoms with van der Waals surface area (Å²) < 4.78 is 16.7. The van der Waals surface area contributed by atoms with Gasteiger partial charge in [-0.15, -0.1) is 0 Å². The molecule has 6 heteroatoms. The third-order valence-electron chi connectivity index (χ3n) is 6.56. The Morgan fingerprint density at radius 2 is 1.74 bits per heavy atom. The predicted molar refractivity (Wildman–Crippen MR) is 137 cm³/mol. The lowest BCUT2D eigenvalue weighted by atomic mass is 9.77. The SMILES string of the molecule is CCN(C(=O)CC(C)(C)c1c(C)cc(C)cc1OC(=O)C(C)C)C(C)Cc1ccc2c(c1)OCO2. The van der Waals surface area contributed by atoms with E-state index in [0.29, 0.717) is 18.7 Å². The van der Waals surface area contributed by atoms with Crippen molar-refractivity contribution in [2.45, 2.75) is 79.7 Å². The zero-order valence-electron chi connectivity index (χ0n) is 22.4. The molecule has 0 saturated carbocycles. The van der Waals surface area contributed by atoms with Gasteiger partial charge in [-0.05, 0) is 69.0 Å². The maximum absolute atomic E-state index is 13.6. The fourth-order valence-corrected chi connectivity index (χ4v) is 4.92. The van der Waals surface area contributed by atoms with E-state index >= 15 is 0 Å². The largest absolute Gasteiger partial charge is 0.454 e. The molecule has 0 N–H and O–H groups in total. The maximum Gasteiger partial charge on any atom is 0.313 e. The van der Waals surface area contributed by atoms with Crippen LogP contribution in [0.15, 0.2) is 30.3 Å². The zero-order chi connectivity index (χ0) is 25.9. The van der Waals surface area contributed by atoms with Crippen LogP contribution in [-0.4, -0.2) is 36.2 Å². The van der Waals surface area contributed by atoms with E-state index in [4.69, 9.17) is 14.2 Å². The van der Waals surface area contributed by atoms with Crippen molar-refractivity contribution in [1.29, 1.82) is 0 Å². The average Bonchev–Trinajstić information content (AvgIpc) is 3.20. The molecule has 2 aromatic carbocycles. The Morgan fingerprint density at radius 3 is 2.40 bits per heavy atom. The lowest BCUT2D eigenvalue weighted by Crippen LogP contribution is -2.42. The van der Waals surface area contributed by atoms with Gasteiger partial charge in [0.15, 0.2) is 11.5 Å². The third kappa shape index (κ3) is 6.16. The van der Waals surface area contributed by atoms with Crippen molar-refractivity contribution in [2.75, 3.05) is 13.3 Å². The summed E-state index contributed by atoms with van der Waals surface area (Å²) in [7, 11) is 0. The average molecular weight is 482 g/mol. The minimum atomic E-state index is -0.520. The van der Waals surface area contributed by atoms with Crippen LogP contribution in [0.25, 0.3) is 0 Å². The first kappa shape index (κ1) is 26.6. The van der Waals surface area contributed by atoms with Crippen LogP contribution in [0.2, 0.25) is 0 Å². The second kappa shape index (κ2) is 10.7. The Kier molecular flexibility index (Phi) is 8.14. The van der Waals surface area contributed by atoms with Gasteiger partial charge in [-0.1, -0.05) is 39.8 Å². The number of carbonyl (C=O) groups excluding carboxylic acids is 2. The molecule has 190 valence electrons. The number of hydrogen-bond donors (Lipinski definition) is 0. The number of nitrogens with zero attached hydrogens (tertiary/aromatic N) is 1. The van der Waals surface area contributed by atoms with Crippen LogP contribution < -0.4 is 14.2 Å². The highest BCUT2D eigenvalue weighted by Gasteiger charge is 2.33. The number of esters is 1. The molecule has 1 amide bonds. The van der Waals surface area contributed by atoms with Crippen molar-refractivity contribution in [3.05, 3.63) is 52.6 Å². The van der Waals surface area contributed by atoms with Crippen molar-refractivity contribution in [3.8, 4) is 17.2 Å². The molecule has 1 atom stereocenters. The smallest absolute Gasteiger partial charge is 0.313 e. The van der Waals surface area contributed by atoms with E-state index in [0.717, 1.165) is 40.2 Å². The molecule has 2 aromatic rings. The van der Waals surface area contributed by atoms with Crippen LogP contribution in [0, 0.1) is 19.8 Å². The molecule has 3 rings (SSSR count). The van der Waals surface area contributed by atoms with E-state index in [1.165, 1.54) is 0 Å². The summed E-state index contributed by atoms with van der Waals surface area (Å²) in [4.78, 5) is 27.9. The molecular formula is C29H39NO5. The minimum Gasteiger partial charge on any atom is -0.454 e. The van der Waals surface area contributed by atoms with Crippen LogP contribution in [0.4, 0.5) is 0 Å². The van der Waals surface area contributed by atoms with Crippen molar-refractivity contribution >= 4 is 11.9 Å². The lowest BCUT2D eigenvalue weighted by Gasteiger charge is -2.34. The quantitative estimate of drug-likeness (QED) is 0.337. The monoisotopic (exact) mass is 481 g/mol. The van der Waals surface area contributed by atoms with E-state index in [1.807, 2.05) is 77.6 Å². The van der Waals surface area contributed by atoms with Crippen molar-refractivity contribution < 1.29 is 23.8 Å². The number of benzene rings is 2.